The number of carbonyl (C=O) groups is 1. The normalized spacial score (nSPS) is 10.6. The van der Waals surface area contributed by atoms with Gasteiger partial charge in [-0.15, -0.1) is 11.3 Å². The summed E-state index contributed by atoms with van der Waals surface area (Å²) in [4.78, 5) is 23.1. The fraction of sp³-hybridized carbons (Fsp3) is 0.350. The topological polar surface area (TPSA) is 72.3 Å². The van der Waals surface area contributed by atoms with Gasteiger partial charge in [-0.1, -0.05) is 18.2 Å². The van der Waals surface area contributed by atoms with Crippen molar-refractivity contribution >= 4 is 22.5 Å². The molecular weight excluding hydrogens is 374 g/mol. The first kappa shape index (κ1) is 19.9. The average molecular weight is 400 g/mol. The Hall–Kier alpha value is -2.87. The molecule has 8 heteroatoms. The highest BCUT2D eigenvalue weighted by atomic mass is 32.1. The molecular formula is C20H25N5O2S. The number of ether oxygens (including phenoxy) is 1. The quantitative estimate of drug-likeness (QED) is 0.586. The van der Waals surface area contributed by atoms with Crippen LogP contribution in [0.15, 0.2) is 48.4 Å². The zero-order valence-corrected chi connectivity index (χ0v) is 17.0. The lowest BCUT2D eigenvalue weighted by atomic mass is 10.2. The number of aromatic nitrogens is 3. The van der Waals surface area contributed by atoms with Gasteiger partial charge in [-0.3, -0.25) is 5.32 Å². The van der Waals surface area contributed by atoms with Crippen LogP contribution in [0.1, 0.15) is 24.6 Å². The van der Waals surface area contributed by atoms with Crippen molar-refractivity contribution in [2.24, 2.45) is 0 Å². The minimum Gasteiger partial charge on any atom is -0.494 e. The van der Waals surface area contributed by atoms with Crippen molar-refractivity contribution in [1.82, 2.24) is 19.4 Å². The van der Waals surface area contributed by atoms with Gasteiger partial charge in [0.25, 0.3) is 0 Å². The van der Waals surface area contributed by atoms with Crippen LogP contribution < -0.4 is 10.1 Å². The Morgan fingerprint density at radius 1 is 1.36 bits per heavy atom. The molecule has 3 aromatic rings. The van der Waals surface area contributed by atoms with Crippen molar-refractivity contribution in [2.75, 3.05) is 18.5 Å². The summed E-state index contributed by atoms with van der Waals surface area (Å²) in [5, 5.41) is 5.44. The molecule has 0 saturated carbocycles. The summed E-state index contributed by atoms with van der Waals surface area (Å²) in [6.07, 6.45) is 6.28. The molecule has 2 amide bonds. The molecule has 0 fully saturated rings. The summed E-state index contributed by atoms with van der Waals surface area (Å²) in [6.45, 7) is 6.32. The van der Waals surface area contributed by atoms with Gasteiger partial charge in [0, 0.05) is 36.4 Å². The summed E-state index contributed by atoms with van der Waals surface area (Å²) in [5.74, 6) is 0.808. The van der Waals surface area contributed by atoms with Gasteiger partial charge in [0.1, 0.15) is 5.75 Å². The van der Waals surface area contributed by atoms with Gasteiger partial charge < -0.3 is 14.2 Å². The molecule has 0 saturated heterocycles. The van der Waals surface area contributed by atoms with Gasteiger partial charge >= 0.3 is 6.03 Å². The Labute approximate surface area is 169 Å². The van der Waals surface area contributed by atoms with E-state index in [9.17, 15) is 4.79 Å². The Bertz CT molecular complexity index is 878. The van der Waals surface area contributed by atoms with E-state index >= 15 is 0 Å². The fourth-order valence-corrected chi connectivity index (χ4v) is 3.51. The number of carbonyl (C=O) groups excluding carboxylic acids is 1. The minimum atomic E-state index is -0.161. The third-order valence-corrected chi connectivity index (χ3v) is 5.03. The number of aryl methyl sites for hydroxylation is 2. The van der Waals surface area contributed by atoms with Gasteiger partial charge in [-0.05, 0) is 26.3 Å². The predicted molar refractivity (Wildman–Crippen MR) is 111 cm³/mol. The lowest BCUT2D eigenvalue weighted by Crippen LogP contribution is -2.35. The molecule has 2 heterocycles. The van der Waals surface area contributed by atoms with Gasteiger partial charge in [-0.2, -0.15) is 0 Å². The third-order valence-electron chi connectivity index (χ3n) is 4.16. The van der Waals surface area contributed by atoms with Crippen LogP contribution in [0.5, 0.6) is 5.75 Å². The lowest BCUT2D eigenvalue weighted by molar-refractivity contribution is 0.206. The number of nitrogens with one attached hydrogen (secondary N) is 1. The highest BCUT2D eigenvalue weighted by Gasteiger charge is 2.17. The predicted octanol–water partition coefficient (Wildman–Crippen LogP) is 4.17. The highest BCUT2D eigenvalue weighted by Crippen LogP contribution is 2.21. The Morgan fingerprint density at radius 3 is 2.93 bits per heavy atom. The highest BCUT2D eigenvalue weighted by molar-refractivity contribution is 7.13. The summed E-state index contributed by atoms with van der Waals surface area (Å²) >= 11 is 1.43. The first-order valence-corrected chi connectivity index (χ1v) is 10.2. The van der Waals surface area contributed by atoms with E-state index in [1.54, 1.807) is 17.4 Å². The van der Waals surface area contributed by atoms with Crippen molar-refractivity contribution in [3.05, 3.63) is 59.6 Å². The number of nitrogens with zero attached hydrogens (tertiary/aromatic N) is 4. The Balaban J connectivity index is 1.70. The average Bonchev–Trinajstić information content (AvgIpc) is 3.34. The van der Waals surface area contributed by atoms with Crippen LogP contribution >= 0.6 is 11.3 Å². The minimum absolute atomic E-state index is 0.161. The van der Waals surface area contributed by atoms with Crippen molar-refractivity contribution in [3.63, 3.8) is 0 Å². The molecule has 0 aliphatic carbocycles. The smallest absolute Gasteiger partial charge is 0.323 e. The Kier molecular flexibility index (Phi) is 7.02. The van der Waals surface area contributed by atoms with Crippen molar-refractivity contribution in [3.8, 4) is 5.75 Å². The first-order chi connectivity index (χ1) is 13.7. The van der Waals surface area contributed by atoms with E-state index in [1.165, 1.54) is 11.3 Å². The second kappa shape index (κ2) is 9.89. The molecule has 0 bridgehead atoms. The van der Waals surface area contributed by atoms with E-state index in [0.29, 0.717) is 24.8 Å². The van der Waals surface area contributed by atoms with E-state index in [4.69, 9.17) is 4.74 Å². The van der Waals surface area contributed by atoms with E-state index in [0.717, 1.165) is 30.0 Å². The second-order valence-electron chi connectivity index (χ2n) is 6.34. The van der Waals surface area contributed by atoms with Crippen LogP contribution in [0, 0.1) is 6.92 Å². The number of hydrogen-bond acceptors (Lipinski definition) is 5. The van der Waals surface area contributed by atoms with Gasteiger partial charge in [0.2, 0.25) is 0 Å². The maximum Gasteiger partial charge on any atom is 0.323 e. The summed E-state index contributed by atoms with van der Waals surface area (Å²) < 4.78 is 7.73. The molecule has 0 aliphatic heterocycles. The molecule has 1 aromatic carbocycles. The van der Waals surface area contributed by atoms with Gasteiger partial charge in [0.15, 0.2) is 5.13 Å². The number of benzene rings is 1. The maximum absolute atomic E-state index is 12.9. The van der Waals surface area contributed by atoms with Crippen molar-refractivity contribution in [1.29, 1.82) is 0 Å². The third kappa shape index (κ3) is 5.56. The standard InChI is InChI=1S/C20H25N5O2S/c1-3-27-18-8-5-4-7-17(18)13-25(11-6-10-24-12-9-21-15-24)20(26)23-19-22-16(2)14-28-19/h4-5,7-9,12,14-15H,3,6,10-11,13H2,1-2H3,(H,22,23,26). The summed E-state index contributed by atoms with van der Waals surface area (Å²) in [5.41, 5.74) is 1.88. The number of para-hydroxylation sites is 1. The van der Waals surface area contributed by atoms with E-state index in [1.807, 2.05) is 54.3 Å². The number of hydrogen-bond donors (Lipinski definition) is 1. The van der Waals surface area contributed by atoms with Crippen molar-refractivity contribution in [2.45, 2.75) is 33.4 Å². The molecule has 0 spiro atoms. The molecule has 0 unspecified atom stereocenters. The summed E-state index contributed by atoms with van der Waals surface area (Å²) in [6, 6.07) is 7.67. The second-order valence-corrected chi connectivity index (χ2v) is 7.20. The van der Waals surface area contributed by atoms with E-state index in [-0.39, 0.29) is 6.03 Å². The van der Waals surface area contributed by atoms with E-state index < -0.39 is 0 Å². The van der Waals surface area contributed by atoms with Crippen LogP contribution in [-0.4, -0.2) is 38.6 Å². The Morgan fingerprint density at radius 2 is 2.21 bits per heavy atom. The molecule has 0 atom stereocenters. The molecule has 7 nitrogen and oxygen atoms in total. The van der Waals surface area contributed by atoms with Crippen LogP contribution in [0.4, 0.5) is 9.93 Å². The number of amides is 2. The lowest BCUT2D eigenvalue weighted by Gasteiger charge is -2.24. The van der Waals surface area contributed by atoms with Gasteiger partial charge in [-0.25, -0.2) is 14.8 Å². The molecule has 1 N–H and O–H groups in total. The maximum atomic E-state index is 12.9. The number of rotatable bonds is 9. The first-order valence-electron chi connectivity index (χ1n) is 9.30. The number of urea groups is 1. The SMILES string of the molecule is CCOc1ccccc1CN(CCCn1ccnc1)C(=O)Nc1nc(C)cs1. The van der Waals surface area contributed by atoms with Gasteiger partial charge in [0.05, 0.1) is 25.2 Å². The van der Waals surface area contributed by atoms with Crippen LogP contribution in [-0.2, 0) is 13.1 Å². The largest absolute Gasteiger partial charge is 0.494 e. The molecule has 28 heavy (non-hydrogen) atoms. The van der Waals surface area contributed by atoms with Crippen molar-refractivity contribution < 1.29 is 9.53 Å². The fourth-order valence-electron chi connectivity index (χ4n) is 2.83. The van der Waals surface area contributed by atoms with Crippen LogP contribution in [0.2, 0.25) is 0 Å². The van der Waals surface area contributed by atoms with E-state index in [2.05, 4.69) is 15.3 Å². The van der Waals surface area contributed by atoms with Crippen LogP contribution in [0.25, 0.3) is 0 Å². The zero-order valence-electron chi connectivity index (χ0n) is 16.2. The molecule has 0 radical (unpaired) electrons. The molecule has 148 valence electrons. The number of imidazole rings is 1. The number of thiazole rings is 1. The zero-order chi connectivity index (χ0) is 19.8. The number of anilines is 1. The molecule has 3 rings (SSSR count). The molecule has 2 aromatic heterocycles. The van der Waals surface area contributed by atoms with Crippen LogP contribution in [0.3, 0.4) is 0 Å². The molecule has 0 aliphatic rings. The summed E-state index contributed by atoms with van der Waals surface area (Å²) in [7, 11) is 0. The monoisotopic (exact) mass is 399 g/mol.